The summed E-state index contributed by atoms with van der Waals surface area (Å²) in [6.07, 6.45) is 3.64. The highest BCUT2D eigenvalue weighted by Crippen LogP contribution is 2.29. The number of nitrogens with zero attached hydrogens (tertiary/aromatic N) is 4. The first kappa shape index (κ1) is 16.2. The van der Waals surface area contributed by atoms with Crippen molar-refractivity contribution in [3.63, 3.8) is 0 Å². The molecule has 1 aliphatic heterocycles. The van der Waals surface area contributed by atoms with Crippen molar-refractivity contribution in [1.29, 1.82) is 0 Å². The fourth-order valence-corrected chi connectivity index (χ4v) is 3.22. The van der Waals surface area contributed by atoms with Gasteiger partial charge in [-0.15, -0.1) is 0 Å². The molecule has 1 fully saturated rings. The molecule has 9 heteroatoms. The average molecular weight is 357 g/mol. The van der Waals surface area contributed by atoms with Crippen LogP contribution in [0.2, 0.25) is 5.02 Å². The summed E-state index contributed by atoms with van der Waals surface area (Å²) >= 11 is 6.23. The molecule has 0 radical (unpaired) electrons. The highest BCUT2D eigenvalue weighted by molar-refractivity contribution is 7.90. The molecule has 0 N–H and O–H groups in total. The van der Waals surface area contributed by atoms with Gasteiger partial charge >= 0.3 is 0 Å². The molecule has 0 aromatic carbocycles. The van der Waals surface area contributed by atoms with Gasteiger partial charge in [-0.2, -0.15) is 4.98 Å². The van der Waals surface area contributed by atoms with Crippen LogP contribution in [0.5, 0.6) is 0 Å². The van der Waals surface area contributed by atoms with E-state index in [2.05, 4.69) is 20.0 Å². The van der Waals surface area contributed by atoms with Crippen molar-refractivity contribution in [1.82, 2.24) is 15.1 Å². The molecule has 23 heavy (non-hydrogen) atoms. The van der Waals surface area contributed by atoms with E-state index in [1.165, 1.54) is 6.26 Å². The smallest absolute Gasteiger partial charge is 0.276 e. The van der Waals surface area contributed by atoms with Crippen molar-refractivity contribution in [3.8, 4) is 11.6 Å². The third-order valence-electron chi connectivity index (χ3n) is 3.62. The number of aryl methyl sites for hydroxylation is 1. The van der Waals surface area contributed by atoms with Crippen LogP contribution in [0.3, 0.4) is 0 Å². The number of hydrogen-bond donors (Lipinski definition) is 0. The number of rotatable bonds is 5. The molecule has 124 valence electrons. The number of sulfone groups is 1. The summed E-state index contributed by atoms with van der Waals surface area (Å²) in [7, 11) is -3.06. The Morgan fingerprint density at radius 1 is 1.26 bits per heavy atom. The predicted octanol–water partition coefficient (Wildman–Crippen LogP) is 1.97. The van der Waals surface area contributed by atoms with Crippen LogP contribution in [0.1, 0.15) is 18.7 Å². The van der Waals surface area contributed by atoms with Crippen LogP contribution in [0, 0.1) is 0 Å². The molecule has 2 aromatic heterocycles. The van der Waals surface area contributed by atoms with E-state index >= 15 is 0 Å². The van der Waals surface area contributed by atoms with Crippen LogP contribution in [0.15, 0.2) is 16.7 Å². The Bertz CT molecular complexity index is 800. The Morgan fingerprint density at radius 3 is 2.70 bits per heavy atom. The second-order valence-corrected chi connectivity index (χ2v) is 8.26. The van der Waals surface area contributed by atoms with Crippen LogP contribution >= 0.6 is 11.6 Å². The van der Waals surface area contributed by atoms with Gasteiger partial charge in [0, 0.05) is 25.8 Å². The monoisotopic (exact) mass is 356 g/mol. The van der Waals surface area contributed by atoms with E-state index in [0.717, 1.165) is 31.7 Å². The first-order valence-electron chi connectivity index (χ1n) is 7.34. The number of halogens is 1. The lowest BCUT2D eigenvalue weighted by Gasteiger charge is -2.17. The van der Waals surface area contributed by atoms with Gasteiger partial charge in [0.05, 0.1) is 10.8 Å². The van der Waals surface area contributed by atoms with Gasteiger partial charge < -0.3 is 9.42 Å². The minimum absolute atomic E-state index is 0.0148. The molecule has 0 spiro atoms. The third kappa shape index (κ3) is 4.00. The lowest BCUT2D eigenvalue weighted by Crippen LogP contribution is -2.19. The molecule has 0 unspecified atom stereocenters. The van der Waals surface area contributed by atoms with Gasteiger partial charge in [-0.1, -0.05) is 16.8 Å². The molecule has 0 bridgehead atoms. The second-order valence-electron chi connectivity index (χ2n) is 5.59. The molecule has 0 saturated carbocycles. The minimum atomic E-state index is -3.06. The highest BCUT2D eigenvalue weighted by atomic mass is 35.5. The molecule has 3 heterocycles. The molecule has 1 aliphatic rings. The molecular weight excluding hydrogens is 340 g/mol. The van der Waals surface area contributed by atoms with Gasteiger partial charge in [-0.25, -0.2) is 13.4 Å². The molecule has 3 rings (SSSR count). The van der Waals surface area contributed by atoms with E-state index in [-0.39, 0.29) is 18.1 Å². The lowest BCUT2D eigenvalue weighted by atomic mass is 10.3. The van der Waals surface area contributed by atoms with E-state index in [4.69, 9.17) is 16.1 Å². The topological polar surface area (TPSA) is 89.2 Å². The van der Waals surface area contributed by atoms with Gasteiger partial charge in [0.15, 0.2) is 5.82 Å². The third-order valence-corrected chi connectivity index (χ3v) is 4.86. The number of hydrogen-bond acceptors (Lipinski definition) is 7. The van der Waals surface area contributed by atoms with E-state index in [0.29, 0.717) is 16.5 Å². The van der Waals surface area contributed by atoms with Gasteiger partial charge in [-0.05, 0) is 25.0 Å². The van der Waals surface area contributed by atoms with Crippen LogP contribution < -0.4 is 4.90 Å². The summed E-state index contributed by atoms with van der Waals surface area (Å²) in [6, 6.07) is 3.48. The molecule has 2 aromatic rings. The van der Waals surface area contributed by atoms with Crippen LogP contribution in [-0.4, -0.2) is 48.6 Å². The zero-order chi connectivity index (χ0) is 16.4. The predicted molar refractivity (Wildman–Crippen MR) is 87.4 cm³/mol. The van der Waals surface area contributed by atoms with Gasteiger partial charge in [0.2, 0.25) is 0 Å². The van der Waals surface area contributed by atoms with E-state index in [1.807, 2.05) is 0 Å². The van der Waals surface area contributed by atoms with E-state index < -0.39 is 9.84 Å². The molecule has 0 amide bonds. The quantitative estimate of drug-likeness (QED) is 0.809. The molecule has 1 saturated heterocycles. The molecule has 7 nitrogen and oxygen atoms in total. The Labute approximate surface area is 139 Å². The Morgan fingerprint density at radius 2 is 2.00 bits per heavy atom. The maximum atomic E-state index is 11.2. The first-order valence-corrected chi connectivity index (χ1v) is 9.78. The van der Waals surface area contributed by atoms with Crippen LogP contribution in [0.25, 0.3) is 11.6 Å². The summed E-state index contributed by atoms with van der Waals surface area (Å²) in [5, 5.41) is 4.40. The fraction of sp³-hybridized carbons (Fsp3) is 0.500. The van der Waals surface area contributed by atoms with Crippen molar-refractivity contribution in [2.24, 2.45) is 0 Å². The normalized spacial score (nSPS) is 15.3. The Kier molecular flexibility index (Phi) is 4.54. The summed E-state index contributed by atoms with van der Waals surface area (Å²) in [5.74, 6) is 1.33. The summed E-state index contributed by atoms with van der Waals surface area (Å²) in [6.45, 7) is 1.86. The number of aromatic nitrogens is 3. The van der Waals surface area contributed by atoms with Crippen molar-refractivity contribution in [2.45, 2.75) is 19.3 Å². The van der Waals surface area contributed by atoms with Crippen molar-refractivity contribution >= 4 is 27.3 Å². The van der Waals surface area contributed by atoms with E-state index in [9.17, 15) is 8.42 Å². The second kappa shape index (κ2) is 6.45. The standard InChI is InChI=1S/C14H17ClN4O3S/c1-23(20,21)9-6-12-17-14(22-18-12)11-5-4-10(15)13(16-11)19-7-2-3-8-19/h4-5H,2-3,6-9H2,1H3. The van der Waals surface area contributed by atoms with Gasteiger partial charge in [0.25, 0.3) is 5.89 Å². The largest absolute Gasteiger partial charge is 0.355 e. The lowest BCUT2D eigenvalue weighted by molar-refractivity contribution is 0.422. The van der Waals surface area contributed by atoms with Gasteiger partial charge in [0.1, 0.15) is 21.3 Å². The summed E-state index contributed by atoms with van der Waals surface area (Å²) in [5.41, 5.74) is 0.536. The van der Waals surface area contributed by atoms with E-state index in [1.54, 1.807) is 12.1 Å². The van der Waals surface area contributed by atoms with Crippen LogP contribution in [0.4, 0.5) is 5.82 Å². The average Bonchev–Trinajstić information content (AvgIpc) is 3.16. The maximum absolute atomic E-state index is 11.2. The first-order chi connectivity index (χ1) is 10.9. The van der Waals surface area contributed by atoms with Crippen molar-refractivity contribution < 1.29 is 12.9 Å². The summed E-state index contributed by atoms with van der Waals surface area (Å²) < 4.78 is 27.6. The van der Waals surface area contributed by atoms with Gasteiger partial charge in [-0.3, -0.25) is 0 Å². The van der Waals surface area contributed by atoms with Crippen LogP contribution in [-0.2, 0) is 16.3 Å². The molecular formula is C14H17ClN4O3S. The van der Waals surface area contributed by atoms with Crippen molar-refractivity contribution in [2.75, 3.05) is 30.0 Å². The minimum Gasteiger partial charge on any atom is -0.355 e. The molecule has 0 atom stereocenters. The number of pyridine rings is 1. The highest BCUT2D eigenvalue weighted by Gasteiger charge is 2.19. The zero-order valence-electron chi connectivity index (χ0n) is 12.7. The molecule has 0 aliphatic carbocycles. The SMILES string of the molecule is CS(=O)(=O)CCc1noc(-c2ccc(Cl)c(N3CCCC3)n2)n1. The Balaban J connectivity index is 1.81. The maximum Gasteiger partial charge on any atom is 0.276 e. The zero-order valence-corrected chi connectivity index (χ0v) is 14.3. The number of anilines is 1. The summed E-state index contributed by atoms with van der Waals surface area (Å²) in [4.78, 5) is 10.9. The van der Waals surface area contributed by atoms with Crippen molar-refractivity contribution in [3.05, 3.63) is 23.0 Å². The Hall–Kier alpha value is -1.67. The fourth-order valence-electron chi connectivity index (χ4n) is 2.44.